The first-order valence-corrected chi connectivity index (χ1v) is 9.32. The van der Waals surface area contributed by atoms with E-state index >= 15 is 0 Å². The van der Waals surface area contributed by atoms with Crippen molar-refractivity contribution < 1.29 is 14.3 Å². The number of amides is 2. The lowest BCUT2D eigenvalue weighted by Crippen LogP contribution is -2.28. The summed E-state index contributed by atoms with van der Waals surface area (Å²) in [6.07, 6.45) is 7.12. The first-order chi connectivity index (χ1) is 12.6. The standard InChI is InChI=1S/C21H28N2O3/c1-4-7-14-22(15-8-5-2)18-11-9-17(10-12-18)16-19-20(24)23(13-6-3)21(25)26-19/h6,9-12,16H,3-5,7-8,13-15H2,1-2H3/b19-16+. The molecule has 0 bridgehead atoms. The van der Waals surface area contributed by atoms with Gasteiger partial charge in [-0.1, -0.05) is 44.9 Å². The van der Waals surface area contributed by atoms with Gasteiger partial charge in [0.15, 0.2) is 5.76 Å². The molecule has 26 heavy (non-hydrogen) atoms. The van der Waals surface area contributed by atoms with Crippen molar-refractivity contribution in [2.45, 2.75) is 39.5 Å². The van der Waals surface area contributed by atoms with Crippen LogP contribution in [0.5, 0.6) is 0 Å². The minimum Gasteiger partial charge on any atom is -0.404 e. The van der Waals surface area contributed by atoms with Crippen LogP contribution in [0.4, 0.5) is 10.5 Å². The van der Waals surface area contributed by atoms with Gasteiger partial charge in [0, 0.05) is 18.8 Å². The molecule has 1 saturated heterocycles. The molecule has 1 fully saturated rings. The van der Waals surface area contributed by atoms with Crippen LogP contribution >= 0.6 is 0 Å². The van der Waals surface area contributed by atoms with Gasteiger partial charge in [-0.05, 0) is 36.6 Å². The molecule has 0 aromatic heterocycles. The number of cyclic esters (lactones) is 1. The fourth-order valence-electron chi connectivity index (χ4n) is 2.79. The Morgan fingerprint density at radius 2 is 1.69 bits per heavy atom. The van der Waals surface area contributed by atoms with E-state index < -0.39 is 12.0 Å². The third-order valence-electron chi connectivity index (χ3n) is 4.30. The highest BCUT2D eigenvalue weighted by molar-refractivity contribution is 6.10. The Bertz CT molecular complexity index is 656. The highest BCUT2D eigenvalue weighted by atomic mass is 16.6. The van der Waals surface area contributed by atoms with Crippen LogP contribution in [0.25, 0.3) is 6.08 Å². The van der Waals surface area contributed by atoms with Crippen LogP contribution in [0.1, 0.15) is 45.1 Å². The van der Waals surface area contributed by atoms with Crippen LogP contribution in [0.2, 0.25) is 0 Å². The molecule has 2 amide bonds. The number of hydrogen-bond acceptors (Lipinski definition) is 4. The predicted molar refractivity (Wildman–Crippen MR) is 105 cm³/mol. The van der Waals surface area contributed by atoms with Crippen molar-refractivity contribution in [3.8, 4) is 0 Å². The van der Waals surface area contributed by atoms with E-state index in [1.165, 1.54) is 37.4 Å². The zero-order valence-electron chi connectivity index (χ0n) is 15.7. The number of anilines is 1. The number of nitrogens with zero attached hydrogens (tertiary/aromatic N) is 2. The van der Waals surface area contributed by atoms with Crippen molar-refractivity contribution in [1.82, 2.24) is 4.90 Å². The maximum atomic E-state index is 12.2. The Morgan fingerprint density at radius 1 is 1.08 bits per heavy atom. The fraction of sp³-hybridized carbons (Fsp3) is 0.429. The normalized spacial score (nSPS) is 15.5. The third-order valence-corrected chi connectivity index (χ3v) is 4.30. The van der Waals surface area contributed by atoms with Crippen LogP contribution < -0.4 is 4.90 Å². The summed E-state index contributed by atoms with van der Waals surface area (Å²) in [5.74, 6) is -0.370. The number of hydrogen-bond donors (Lipinski definition) is 0. The second-order valence-electron chi connectivity index (χ2n) is 6.37. The van der Waals surface area contributed by atoms with E-state index in [1.807, 2.05) is 12.1 Å². The highest BCUT2D eigenvalue weighted by Crippen LogP contribution is 2.22. The van der Waals surface area contributed by atoms with E-state index in [-0.39, 0.29) is 12.3 Å². The number of ether oxygens (including phenoxy) is 1. The van der Waals surface area contributed by atoms with E-state index in [1.54, 1.807) is 6.08 Å². The largest absolute Gasteiger partial charge is 0.422 e. The van der Waals surface area contributed by atoms with E-state index in [9.17, 15) is 9.59 Å². The number of carbonyl (C=O) groups excluding carboxylic acids is 2. The van der Waals surface area contributed by atoms with Gasteiger partial charge in [0.25, 0.3) is 5.91 Å². The van der Waals surface area contributed by atoms with Gasteiger partial charge in [0.1, 0.15) is 0 Å². The molecule has 5 heteroatoms. The van der Waals surface area contributed by atoms with Crippen LogP contribution in [-0.4, -0.2) is 36.5 Å². The molecule has 1 aliphatic heterocycles. The van der Waals surface area contributed by atoms with Crippen LogP contribution in [-0.2, 0) is 9.53 Å². The molecule has 0 radical (unpaired) electrons. The summed E-state index contributed by atoms with van der Waals surface area (Å²) in [6.45, 7) is 10.2. The molecule has 1 aromatic rings. The van der Waals surface area contributed by atoms with Gasteiger partial charge in [-0.3, -0.25) is 4.79 Å². The van der Waals surface area contributed by atoms with E-state index in [2.05, 4.69) is 37.5 Å². The molecule has 1 aromatic carbocycles. The van der Waals surface area contributed by atoms with Crippen molar-refractivity contribution in [3.05, 3.63) is 48.2 Å². The summed E-state index contributed by atoms with van der Waals surface area (Å²) in [4.78, 5) is 27.3. The summed E-state index contributed by atoms with van der Waals surface area (Å²) in [7, 11) is 0. The second kappa shape index (κ2) is 9.80. The molecule has 0 saturated carbocycles. The molecule has 1 heterocycles. The Labute approximate surface area is 155 Å². The maximum Gasteiger partial charge on any atom is 0.422 e. The molecule has 0 atom stereocenters. The average molecular weight is 356 g/mol. The number of imide groups is 1. The zero-order chi connectivity index (χ0) is 18.9. The van der Waals surface area contributed by atoms with Crippen molar-refractivity contribution in [2.75, 3.05) is 24.5 Å². The Hall–Kier alpha value is -2.56. The first-order valence-electron chi connectivity index (χ1n) is 9.32. The van der Waals surface area contributed by atoms with Crippen molar-refractivity contribution in [3.63, 3.8) is 0 Å². The average Bonchev–Trinajstić information content (AvgIpc) is 2.90. The van der Waals surface area contributed by atoms with Gasteiger partial charge in [-0.2, -0.15) is 0 Å². The summed E-state index contributed by atoms with van der Waals surface area (Å²) < 4.78 is 5.07. The molecule has 0 unspecified atom stereocenters. The molecule has 140 valence electrons. The SMILES string of the molecule is C=CCN1C(=O)O/C(=C/c2ccc(N(CCCC)CCCC)cc2)C1=O. The molecule has 1 aliphatic rings. The van der Waals surface area contributed by atoms with Gasteiger partial charge in [0.2, 0.25) is 0 Å². The van der Waals surface area contributed by atoms with Crippen molar-refractivity contribution >= 4 is 23.8 Å². The molecule has 0 spiro atoms. The number of benzene rings is 1. The van der Waals surface area contributed by atoms with Crippen LogP contribution in [0.3, 0.4) is 0 Å². The monoisotopic (exact) mass is 356 g/mol. The van der Waals surface area contributed by atoms with Gasteiger partial charge in [-0.25, -0.2) is 9.69 Å². The molecule has 0 N–H and O–H groups in total. The lowest BCUT2D eigenvalue weighted by Gasteiger charge is -2.24. The number of unbranched alkanes of at least 4 members (excludes halogenated alkanes) is 2. The quantitative estimate of drug-likeness (QED) is 0.454. The number of carbonyl (C=O) groups is 2. The van der Waals surface area contributed by atoms with Crippen molar-refractivity contribution in [2.24, 2.45) is 0 Å². The highest BCUT2D eigenvalue weighted by Gasteiger charge is 2.35. The van der Waals surface area contributed by atoms with Gasteiger partial charge in [0.05, 0.1) is 6.54 Å². The molecule has 0 aliphatic carbocycles. The summed E-state index contributed by atoms with van der Waals surface area (Å²) in [5.41, 5.74) is 2.01. The Morgan fingerprint density at radius 3 is 2.23 bits per heavy atom. The topological polar surface area (TPSA) is 49.9 Å². The smallest absolute Gasteiger partial charge is 0.404 e. The maximum absolute atomic E-state index is 12.2. The first kappa shape index (κ1) is 19.8. The fourth-order valence-corrected chi connectivity index (χ4v) is 2.79. The van der Waals surface area contributed by atoms with Crippen LogP contribution in [0, 0.1) is 0 Å². The Kier molecular flexibility index (Phi) is 7.45. The second-order valence-corrected chi connectivity index (χ2v) is 6.37. The lowest BCUT2D eigenvalue weighted by atomic mass is 10.1. The summed E-state index contributed by atoms with van der Waals surface area (Å²) in [5, 5.41) is 0. The van der Waals surface area contributed by atoms with Crippen LogP contribution in [0.15, 0.2) is 42.7 Å². The summed E-state index contributed by atoms with van der Waals surface area (Å²) in [6, 6.07) is 8.01. The minimum atomic E-state index is -0.650. The molecule has 5 nitrogen and oxygen atoms in total. The van der Waals surface area contributed by atoms with Gasteiger partial charge >= 0.3 is 6.09 Å². The Balaban J connectivity index is 2.11. The van der Waals surface area contributed by atoms with Crippen molar-refractivity contribution in [1.29, 1.82) is 0 Å². The number of rotatable bonds is 10. The zero-order valence-corrected chi connectivity index (χ0v) is 15.7. The molecular formula is C21H28N2O3. The summed E-state index contributed by atoms with van der Waals surface area (Å²) >= 11 is 0. The minimum absolute atomic E-state index is 0.0541. The van der Waals surface area contributed by atoms with Gasteiger partial charge < -0.3 is 9.64 Å². The predicted octanol–water partition coefficient (Wildman–Crippen LogP) is 4.60. The molecular weight excluding hydrogens is 328 g/mol. The lowest BCUT2D eigenvalue weighted by molar-refractivity contribution is -0.122. The van der Waals surface area contributed by atoms with Gasteiger partial charge in [-0.15, -0.1) is 6.58 Å². The van der Waals surface area contributed by atoms with E-state index in [4.69, 9.17) is 4.74 Å². The van der Waals surface area contributed by atoms with E-state index in [0.717, 1.165) is 23.6 Å². The third kappa shape index (κ3) is 4.97. The molecule has 2 rings (SSSR count). The van der Waals surface area contributed by atoms with E-state index in [0.29, 0.717) is 0 Å².